The van der Waals surface area contributed by atoms with E-state index in [9.17, 15) is 14.9 Å². The molecule has 1 aliphatic heterocycles. The van der Waals surface area contributed by atoms with E-state index in [1.54, 1.807) is 13.8 Å². The molecule has 0 aromatic heterocycles. The van der Waals surface area contributed by atoms with E-state index in [4.69, 9.17) is 10.2 Å². The summed E-state index contributed by atoms with van der Waals surface area (Å²) in [5.74, 6) is -2.09. The van der Waals surface area contributed by atoms with Crippen LogP contribution in [0.15, 0.2) is 11.8 Å². The molecule has 1 amide bonds. The predicted molar refractivity (Wildman–Crippen MR) is 84.1 cm³/mol. The molecule has 0 aromatic rings. The van der Waals surface area contributed by atoms with Crippen molar-refractivity contribution in [3.63, 3.8) is 0 Å². The number of carboxylic acid groups (broad SMARTS) is 1. The topological polar surface area (TPSA) is 114 Å². The number of carbonyl (C=O) groups excluding carboxylic acids is 1. The van der Waals surface area contributed by atoms with Gasteiger partial charge in [-0.2, -0.15) is 5.26 Å². The molecule has 7 heteroatoms. The van der Waals surface area contributed by atoms with Crippen LogP contribution < -0.4 is 5.32 Å². The van der Waals surface area contributed by atoms with E-state index < -0.39 is 17.9 Å². The minimum atomic E-state index is -1.12. The van der Waals surface area contributed by atoms with Gasteiger partial charge in [-0.1, -0.05) is 13.8 Å². The molecule has 1 saturated heterocycles. The zero-order valence-electron chi connectivity index (χ0n) is 13.7. The van der Waals surface area contributed by atoms with Crippen LogP contribution in [0.25, 0.3) is 0 Å². The van der Waals surface area contributed by atoms with E-state index >= 15 is 0 Å². The minimum absolute atomic E-state index is 0.0531. The number of carbonyl (C=O) groups is 2. The molecule has 0 aliphatic carbocycles. The number of likely N-dealkylation sites (tertiary alicyclic amines) is 1. The van der Waals surface area contributed by atoms with Crippen LogP contribution in [-0.4, -0.2) is 52.2 Å². The average Bonchev–Trinajstić information content (AvgIpc) is 2.51. The van der Waals surface area contributed by atoms with Crippen LogP contribution in [0.1, 0.15) is 39.5 Å². The molecule has 23 heavy (non-hydrogen) atoms. The fourth-order valence-electron chi connectivity index (χ4n) is 2.69. The minimum Gasteiger partial charge on any atom is -0.480 e. The molecule has 1 aliphatic rings. The molecule has 1 fully saturated rings. The molecule has 3 N–H and O–H groups in total. The Kier molecular flexibility index (Phi) is 7.55. The first-order valence-electron chi connectivity index (χ1n) is 7.92. The van der Waals surface area contributed by atoms with Crippen molar-refractivity contribution in [1.29, 1.82) is 5.26 Å². The summed E-state index contributed by atoms with van der Waals surface area (Å²) in [5, 5.41) is 29.9. The number of piperidine rings is 1. The second kappa shape index (κ2) is 9.16. The Morgan fingerprint density at radius 1 is 1.43 bits per heavy atom. The Hall–Kier alpha value is -2.07. The third-order valence-corrected chi connectivity index (χ3v) is 4.01. The van der Waals surface area contributed by atoms with Gasteiger partial charge >= 0.3 is 5.97 Å². The van der Waals surface area contributed by atoms with Crippen molar-refractivity contribution in [2.45, 2.75) is 51.6 Å². The number of nitrogens with one attached hydrogen (secondary N) is 1. The van der Waals surface area contributed by atoms with Gasteiger partial charge in [0.2, 0.25) is 0 Å². The van der Waals surface area contributed by atoms with Crippen LogP contribution in [0.3, 0.4) is 0 Å². The Balaban J connectivity index is 2.86. The van der Waals surface area contributed by atoms with E-state index in [0.29, 0.717) is 6.42 Å². The molecular formula is C16H25N3O4. The molecule has 0 saturated carbocycles. The van der Waals surface area contributed by atoms with Gasteiger partial charge in [0.15, 0.2) is 0 Å². The lowest BCUT2D eigenvalue weighted by Crippen LogP contribution is -2.45. The van der Waals surface area contributed by atoms with Crippen molar-refractivity contribution >= 4 is 11.9 Å². The highest BCUT2D eigenvalue weighted by molar-refractivity contribution is 5.99. The average molecular weight is 323 g/mol. The van der Waals surface area contributed by atoms with Crippen LogP contribution >= 0.6 is 0 Å². The number of hydrogen-bond acceptors (Lipinski definition) is 5. The van der Waals surface area contributed by atoms with Gasteiger partial charge in [0.1, 0.15) is 17.7 Å². The molecular weight excluding hydrogens is 298 g/mol. The Bertz CT molecular complexity index is 494. The highest BCUT2D eigenvalue weighted by atomic mass is 16.4. The van der Waals surface area contributed by atoms with Crippen LogP contribution in [0.5, 0.6) is 0 Å². The lowest BCUT2D eigenvalue weighted by molar-refractivity contribution is -0.142. The van der Waals surface area contributed by atoms with Gasteiger partial charge in [-0.25, -0.2) is 4.79 Å². The molecule has 2 atom stereocenters. The second-order valence-electron chi connectivity index (χ2n) is 6.09. The number of aliphatic hydroxyl groups is 1. The molecule has 0 radical (unpaired) electrons. The monoisotopic (exact) mass is 323 g/mol. The van der Waals surface area contributed by atoms with Crippen molar-refractivity contribution in [2.75, 3.05) is 13.2 Å². The van der Waals surface area contributed by atoms with Gasteiger partial charge in [-0.15, -0.1) is 0 Å². The fraction of sp³-hybridized carbons (Fsp3) is 0.688. The molecule has 0 aromatic carbocycles. The highest BCUT2D eigenvalue weighted by Crippen LogP contribution is 2.20. The summed E-state index contributed by atoms with van der Waals surface area (Å²) >= 11 is 0. The quantitative estimate of drug-likeness (QED) is 0.473. The third kappa shape index (κ3) is 5.57. The Morgan fingerprint density at radius 2 is 2.13 bits per heavy atom. The SMILES string of the molecule is CC(C)C(NC(=O)/C(C#N)=C\N1CCCCC1CCO)C(=O)O. The van der Waals surface area contributed by atoms with Gasteiger partial charge in [-0.05, 0) is 31.6 Å². The molecule has 7 nitrogen and oxygen atoms in total. The summed E-state index contributed by atoms with van der Waals surface area (Å²) in [7, 11) is 0. The van der Waals surface area contributed by atoms with E-state index in [-0.39, 0.29) is 24.1 Å². The Morgan fingerprint density at radius 3 is 2.65 bits per heavy atom. The fourth-order valence-corrected chi connectivity index (χ4v) is 2.69. The van der Waals surface area contributed by atoms with Gasteiger partial charge < -0.3 is 20.4 Å². The Labute approximate surface area is 136 Å². The van der Waals surface area contributed by atoms with Crippen LogP contribution in [0.2, 0.25) is 0 Å². The third-order valence-electron chi connectivity index (χ3n) is 4.01. The van der Waals surface area contributed by atoms with Gasteiger partial charge in [0.05, 0.1) is 0 Å². The summed E-state index contributed by atoms with van der Waals surface area (Å²) < 4.78 is 0. The number of hydrogen-bond donors (Lipinski definition) is 3. The first-order chi connectivity index (χ1) is 10.9. The summed E-state index contributed by atoms with van der Waals surface area (Å²) in [6.45, 7) is 4.15. The van der Waals surface area contributed by atoms with E-state index in [2.05, 4.69) is 5.32 Å². The maximum Gasteiger partial charge on any atom is 0.326 e. The van der Waals surface area contributed by atoms with Gasteiger partial charge in [0, 0.05) is 25.4 Å². The molecule has 128 valence electrons. The maximum absolute atomic E-state index is 12.2. The normalized spacial score (nSPS) is 20.0. The first-order valence-corrected chi connectivity index (χ1v) is 7.92. The second-order valence-corrected chi connectivity index (χ2v) is 6.09. The van der Waals surface area contributed by atoms with E-state index in [1.807, 2.05) is 11.0 Å². The molecule has 1 rings (SSSR count). The van der Waals surface area contributed by atoms with Crippen LogP contribution in [0, 0.1) is 17.2 Å². The molecule has 1 heterocycles. The lowest BCUT2D eigenvalue weighted by atomic mass is 9.99. The van der Waals surface area contributed by atoms with Crippen molar-refractivity contribution in [1.82, 2.24) is 10.2 Å². The van der Waals surface area contributed by atoms with Crippen molar-refractivity contribution in [2.24, 2.45) is 5.92 Å². The number of carboxylic acids is 1. The van der Waals surface area contributed by atoms with Crippen LogP contribution in [0.4, 0.5) is 0 Å². The van der Waals surface area contributed by atoms with Crippen LogP contribution in [-0.2, 0) is 9.59 Å². The van der Waals surface area contributed by atoms with Gasteiger partial charge in [0.25, 0.3) is 5.91 Å². The highest BCUT2D eigenvalue weighted by Gasteiger charge is 2.26. The number of nitriles is 1. The molecule has 2 unspecified atom stereocenters. The standard InChI is InChI=1S/C16H25N3O4/c1-11(2)14(16(22)23)18-15(21)12(9-17)10-19-7-4-3-5-13(19)6-8-20/h10-11,13-14,20H,3-8H2,1-2H3,(H,18,21)(H,22,23)/b12-10-. The summed E-state index contributed by atoms with van der Waals surface area (Å²) in [5.41, 5.74) is -0.110. The van der Waals surface area contributed by atoms with E-state index in [0.717, 1.165) is 25.8 Å². The number of aliphatic carboxylic acids is 1. The van der Waals surface area contributed by atoms with Gasteiger partial charge in [-0.3, -0.25) is 4.79 Å². The largest absolute Gasteiger partial charge is 0.480 e. The van der Waals surface area contributed by atoms with E-state index in [1.165, 1.54) is 6.20 Å². The zero-order valence-corrected chi connectivity index (χ0v) is 13.7. The predicted octanol–water partition coefficient (Wildman–Crippen LogP) is 0.856. The summed E-state index contributed by atoms with van der Waals surface area (Å²) in [6, 6.07) is 0.916. The van der Waals surface area contributed by atoms with Crippen molar-refractivity contribution in [3.8, 4) is 6.07 Å². The number of rotatable bonds is 7. The number of nitrogens with zero attached hydrogens (tertiary/aromatic N) is 2. The lowest BCUT2D eigenvalue weighted by Gasteiger charge is -2.34. The number of aliphatic hydroxyl groups excluding tert-OH is 1. The zero-order chi connectivity index (χ0) is 17.4. The van der Waals surface area contributed by atoms with Crippen molar-refractivity contribution in [3.05, 3.63) is 11.8 Å². The summed E-state index contributed by atoms with van der Waals surface area (Å²) in [6.07, 6.45) is 5.00. The number of amides is 1. The molecule has 0 bridgehead atoms. The first kappa shape index (κ1) is 19.0. The molecule has 0 spiro atoms. The maximum atomic E-state index is 12.2. The van der Waals surface area contributed by atoms with Crippen molar-refractivity contribution < 1.29 is 19.8 Å². The smallest absolute Gasteiger partial charge is 0.326 e. The summed E-state index contributed by atoms with van der Waals surface area (Å²) in [4.78, 5) is 25.3.